The Bertz CT molecular complexity index is 907. The highest BCUT2D eigenvalue weighted by Gasteiger charge is 2.33. The van der Waals surface area contributed by atoms with Crippen LogP contribution in [0.15, 0.2) is 42.5 Å². The number of rotatable bonds is 4. The van der Waals surface area contributed by atoms with Crippen LogP contribution in [0.25, 0.3) is 0 Å². The van der Waals surface area contributed by atoms with Gasteiger partial charge in [-0.1, -0.05) is 0 Å². The van der Waals surface area contributed by atoms with Crippen molar-refractivity contribution in [2.45, 2.75) is 32.4 Å². The number of amides is 1. The Labute approximate surface area is 156 Å². The van der Waals surface area contributed by atoms with Gasteiger partial charge in [0.15, 0.2) is 0 Å². The number of fused-ring (bicyclic) bond motifs is 1. The van der Waals surface area contributed by atoms with Crippen LogP contribution < -0.4 is 10.2 Å². The van der Waals surface area contributed by atoms with Crippen molar-refractivity contribution in [1.29, 1.82) is 0 Å². The molecule has 1 aliphatic rings. The molecule has 0 aromatic heterocycles. The summed E-state index contributed by atoms with van der Waals surface area (Å²) in [6.07, 6.45) is 0.594. The van der Waals surface area contributed by atoms with E-state index in [2.05, 4.69) is 5.32 Å². The normalized spacial score (nSPS) is 18.5. The van der Waals surface area contributed by atoms with E-state index in [9.17, 15) is 19.5 Å². The number of hydrogen-bond donors (Lipinski definition) is 3. The van der Waals surface area contributed by atoms with Crippen molar-refractivity contribution in [2.75, 3.05) is 10.2 Å². The summed E-state index contributed by atoms with van der Waals surface area (Å²) in [6, 6.07) is 10.8. The van der Waals surface area contributed by atoms with Crippen molar-refractivity contribution in [3.05, 3.63) is 59.2 Å². The van der Waals surface area contributed by atoms with E-state index in [-0.39, 0.29) is 29.1 Å². The summed E-state index contributed by atoms with van der Waals surface area (Å²) >= 11 is 0. The topological polar surface area (TPSA) is 107 Å². The summed E-state index contributed by atoms with van der Waals surface area (Å²) in [5.74, 6) is -2.13. The number of carboxylic acid groups (broad SMARTS) is 2. The van der Waals surface area contributed by atoms with Crippen LogP contribution in [0.2, 0.25) is 0 Å². The quantitative estimate of drug-likeness (QED) is 0.764. The first-order valence-corrected chi connectivity index (χ1v) is 8.55. The molecule has 3 N–H and O–H groups in total. The minimum absolute atomic E-state index is 0.0681. The predicted molar refractivity (Wildman–Crippen MR) is 100 cm³/mol. The number of aromatic carboxylic acids is 2. The van der Waals surface area contributed by atoms with Crippen LogP contribution in [-0.4, -0.2) is 34.1 Å². The molecule has 0 bridgehead atoms. The molecule has 0 radical (unpaired) electrons. The molecule has 27 heavy (non-hydrogen) atoms. The van der Waals surface area contributed by atoms with Gasteiger partial charge >= 0.3 is 11.9 Å². The van der Waals surface area contributed by atoms with Gasteiger partial charge in [-0.15, -0.1) is 0 Å². The maximum Gasteiger partial charge on any atom is 0.335 e. The van der Waals surface area contributed by atoms with Crippen LogP contribution in [0, 0.1) is 0 Å². The SMILES string of the molecule is CC(=O)N1c2ccc(C(=O)O)cc2C(Nc2ccc(C(=O)O)cc2)CC1C. The zero-order valence-corrected chi connectivity index (χ0v) is 15.0. The molecule has 2 unspecified atom stereocenters. The first kappa shape index (κ1) is 18.4. The Hall–Kier alpha value is -3.35. The number of carboxylic acids is 2. The predicted octanol–water partition coefficient (Wildman–Crippen LogP) is 3.38. The number of nitrogens with zero attached hydrogens (tertiary/aromatic N) is 1. The number of benzene rings is 2. The second-order valence-corrected chi connectivity index (χ2v) is 6.63. The van der Waals surface area contributed by atoms with Crippen LogP contribution in [0.4, 0.5) is 11.4 Å². The van der Waals surface area contributed by atoms with Gasteiger partial charge in [0.05, 0.1) is 17.2 Å². The van der Waals surface area contributed by atoms with E-state index >= 15 is 0 Å². The molecule has 1 heterocycles. The van der Waals surface area contributed by atoms with Gasteiger partial charge in [-0.3, -0.25) is 4.79 Å². The highest BCUT2D eigenvalue weighted by atomic mass is 16.4. The summed E-state index contributed by atoms with van der Waals surface area (Å²) in [6.45, 7) is 3.43. The average molecular weight is 368 g/mol. The number of carbonyl (C=O) groups is 3. The Morgan fingerprint density at radius 2 is 1.59 bits per heavy atom. The van der Waals surface area contributed by atoms with Crippen molar-refractivity contribution in [3.8, 4) is 0 Å². The molecule has 0 fully saturated rings. The molecule has 7 nitrogen and oxygen atoms in total. The smallest absolute Gasteiger partial charge is 0.335 e. The van der Waals surface area contributed by atoms with E-state index in [1.807, 2.05) is 6.92 Å². The third kappa shape index (κ3) is 3.62. The summed E-state index contributed by atoms with van der Waals surface area (Å²) < 4.78 is 0. The molecule has 0 spiro atoms. The molecule has 1 aliphatic heterocycles. The summed E-state index contributed by atoms with van der Waals surface area (Å²) in [5, 5.41) is 21.7. The first-order valence-electron chi connectivity index (χ1n) is 8.55. The third-order valence-electron chi connectivity index (χ3n) is 4.74. The molecule has 1 amide bonds. The van der Waals surface area contributed by atoms with Gasteiger partial charge in [0.2, 0.25) is 5.91 Å². The zero-order chi connectivity index (χ0) is 19.7. The van der Waals surface area contributed by atoms with Crippen molar-refractivity contribution < 1.29 is 24.6 Å². The fourth-order valence-corrected chi connectivity index (χ4v) is 3.52. The number of hydrogen-bond acceptors (Lipinski definition) is 4. The lowest BCUT2D eigenvalue weighted by atomic mass is 9.90. The molecule has 0 saturated carbocycles. The van der Waals surface area contributed by atoms with Crippen molar-refractivity contribution >= 4 is 29.2 Å². The van der Waals surface area contributed by atoms with Gasteiger partial charge in [-0.05, 0) is 61.4 Å². The average Bonchev–Trinajstić information content (AvgIpc) is 2.61. The summed E-state index contributed by atoms with van der Waals surface area (Å²) in [4.78, 5) is 36.1. The molecular formula is C20H20N2O5. The maximum atomic E-state index is 12.1. The molecule has 7 heteroatoms. The standard InChI is InChI=1S/C20H20N2O5/c1-11-9-17(21-15-6-3-13(4-7-15)19(24)25)16-10-14(20(26)27)5-8-18(16)22(11)12(2)23/h3-8,10-11,17,21H,9H2,1-2H3,(H,24,25)(H,26,27). The van der Waals surface area contributed by atoms with Crippen LogP contribution in [-0.2, 0) is 4.79 Å². The van der Waals surface area contributed by atoms with Gasteiger partial charge in [0.1, 0.15) is 0 Å². The second kappa shape index (κ2) is 7.11. The lowest BCUT2D eigenvalue weighted by Crippen LogP contribution is -2.43. The van der Waals surface area contributed by atoms with E-state index in [0.717, 1.165) is 11.3 Å². The summed E-state index contributed by atoms with van der Waals surface area (Å²) in [5.41, 5.74) is 2.48. The van der Waals surface area contributed by atoms with Crippen molar-refractivity contribution in [3.63, 3.8) is 0 Å². The Morgan fingerprint density at radius 3 is 2.15 bits per heavy atom. The van der Waals surface area contributed by atoms with Crippen LogP contribution >= 0.6 is 0 Å². The number of carbonyl (C=O) groups excluding carboxylic acids is 1. The van der Waals surface area contributed by atoms with E-state index in [1.165, 1.54) is 25.1 Å². The maximum absolute atomic E-state index is 12.1. The second-order valence-electron chi connectivity index (χ2n) is 6.63. The van der Waals surface area contributed by atoms with Crippen LogP contribution in [0.5, 0.6) is 0 Å². The highest BCUT2D eigenvalue weighted by molar-refractivity contribution is 5.95. The van der Waals surface area contributed by atoms with E-state index in [1.54, 1.807) is 29.2 Å². The van der Waals surface area contributed by atoms with E-state index < -0.39 is 11.9 Å². The van der Waals surface area contributed by atoms with Gasteiger partial charge in [0.25, 0.3) is 0 Å². The molecule has 0 aliphatic carbocycles. The molecule has 0 saturated heterocycles. The van der Waals surface area contributed by atoms with Gasteiger partial charge in [-0.25, -0.2) is 9.59 Å². The molecule has 2 aromatic carbocycles. The fraction of sp³-hybridized carbons (Fsp3) is 0.250. The fourth-order valence-electron chi connectivity index (χ4n) is 3.52. The Morgan fingerprint density at radius 1 is 1.00 bits per heavy atom. The number of anilines is 2. The third-order valence-corrected chi connectivity index (χ3v) is 4.74. The van der Waals surface area contributed by atoms with E-state index in [4.69, 9.17) is 5.11 Å². The monoisotopic (exact) mass is 368 g/mol. The Kier molecular flexibility index (Phi) is 4.85. The highest BCUT2D eigenvalue weighted by Crippen LogP contribution is 2.39. The minimum Gasteiger partial charge on any atom is -0.478 e. The number of nitrogens with one attached hydrogen (secondary N) is 1. The van der Waals surface area contributed by atoms with Crippen molar-refractivity contribution in [1.82, 2.24) is 0 Å². The van der Waals surface area contributed by atoms with Crippen LogP contribution in [0.3, 0.4) is 0 Å². The van der Waals surface area contributed by atoms with Crippen molar-refractivity contribution in [2.24, 2.45) is 0 Å². The lowest BCUT2D eigenvalue weighted by molar-refractivity contribution is -0.117. The Balaban J connectivity index is 1.99. The molecule has 3 rings (SSSR count). The van der Waals surface area contributed by atoms with Crippen LogP contribution in [0.1, 0.15) is 52.6 Å². The molecule has 2 aromatic rings. The molecule has 2 atom stereocenters. The van der Waals surface area contributed by atoms with E-state index in [0.29, 0.717) is 12.1 Å². The lowest BCUT2D eigenvalue weighted by Gasteiger charge is -2.39. The van der Waals surface area contributed by atoms with Gasteiger partial charge in [0, 0.05) is 24.3 Å². The van der Waals surface area contributed by atoms with Gasteiger partial charge in [-0.2, -0.15) is 0 Å². The largest absolute Gasteiger partial charge is 0.478 e. The molecule has 140 valence electrons. The van der Waals surface area contributed by atoms with Gasteiger partial charge < -0.3 is 20.4 Å². The summed E-state index contributed by atoms with van der Waals surface area (Å²) in [7, 11) is 0. The zero-order valence-electron chi connectivity index (χ0n) is 15.0. The minimum atomic E-state index is -1.03. The molecular weight excluding hydrogens is 348 g/mol. The first-order chi connectivity index (χ1) is 12.8.